The maximum absolute atomic E-state index is 14.7. The third-order valence-corrected chi connectivity index (χ3v) is 6.15. The summed E-state index contributed by atoms with van der Waals surface area (Å²) in [5.41, 5.74) is 0. The van der Waals surface area contributed by atoms with Crippen molar-refractivity contribution in [2.24, 2.45) is 35.5 Å². The minimum atomic E-state index is -1.28. The maximum atomic E-state index is 14.7. The molecule has 0 nitrogen and oxygen atoms in total. The molecule has 20 heavy (non-hydrogen) atoms. The fourth-order valence-corrected chi connectivity index (χ4v) is 4.33. The number of hydrogen-bond donors (Lipinski definition) is 0. The Labute approximate surface area is 124 Å². The molecule has 8 unspecified atom stereocenters. The van der Waals surface area contributed by atoms with Crippen LogP contribution in [0.1, 0.15) is 67.2 Å². The molecule has 0 N–H and O–H groups in total. The highest BCUT2D eigenvalue weighted by Gasteiger charge is 2.49. The molecule has 0 aromatic carbocycles. The molecule has 0 aliphatic heterocycles. The second-order valence-electron chi connectivity index (χ2n) is 7.24. The molecule has 120 valence electrons. The summed E-state index contributed by atoms with van der Waals surface area (Å²) in [4.78, 5) is 0. The van der Waals surface area contributed by atoms with Crippen molar-refractivity contribution in [3.05, 3.63) is 0 Å². The average molecular weight is 288 g/mol. The highest BCUT2D eigenvalue weighted by atomic mass is 19.2. The second-order valence-corrected chi connectivity index (χ2v) is 7.24. The Hall–Kier alpha value is -0.140. The largest absolute Gasteiger partial charge is 0.244 e. The van der Waals surface area contributed by atoms with Crippen molar-refractivity contribution < 1.29 is 8.78 Å². The van der Waals surface area contributed by atoms with Gasteiger partial charge in [0.05, 0.1) is 0 Å². The molecule has 0 radical (unpaired) electrons. The lowest BCUT2D eigenvalue weighted by Gasteiger charge is -2.47. The van der Waals surface area contributed by atoms with Gasteiger partial charge in [0.1, 0.15) is 12.3 Å². The van der Waals surface area contributed by atoms with E-state index in [-0.39, 0.29) is 23.7 Å². The minimum Gasteiger partial charge on any atom is -0.244 e. The quantitative estimate of drug-likeness (QED) is 0.558. The van der Waals surface area contributed by atoms with Crippen LogP contribution < -0.4 is 0 Å². The average Bonchev–Trinajstić information content (AvgIpc) is 2.44. The van der Waals surface area contributed by atoms with E-state index >= 15 is 0 Å². The fourth-order valence-electron chi connectivity index (χ4n) is 4.33. The summed E-state index contributed by atoms with van der Waals surface area (Å²) in [6.45, 7) is 12.7. The van der Waals surface area contributed by atoms with E-state index < -0.39 is 12.3 Å². The Bertz CT molecular complexity index is 263. The summed E-state index contributed by atoms with van der Waals surface area (Å²) >= 11 is 0. The third-order valence-electron chi connectivity index (χ3n) is 6.15. The Kier molecular flexibility index (Phi) is 6.94. The topological polar surface area (TPSA) is 0 Å². The molecule has 0 saturated heterocycles. The normalized spacial score (nSPS) is 41.4. The summed E-state index contributed by atoms with van der Waals surface area (Å²) in [6.07, 6.45) is 1.93. The molecule has 0 amide bonds. The Morgan fingerprint density at radius 1 is 0.900 bits per heavy atom. The van der Waals surface area contributed by atoms with Crippen LogP contribution in [0.5, 0.6) is 0 Å². The molecule has 2 heteroatoms. The second kappa shape index (κ2) is 7.75. The van der Waals surface area contributed by atoms with E-state index in [0.29, 0.717) is 11.8 Å². The first kappa shape index (κ1) is 17.9. The van der Waals surface area contributed by atoms with Crippen LogP contribution in [0.3, 0.4) is 0 Å². The van der Waals surface area contributed by atoms with Gasteiger partial charge < -0.3 is 0 Å². The van der Waals surface area contributed by atoms with E-state index in [1.54, 1.807) is 0 Å². The highest BCUT2D eigenvalue weighted by molar-refractivity contribution is 4.96. The molecule has 0 aromatic heterocycles. The van der Waals surface area contributed by atoms with Gasteiger partial charge in [0.2, 0.25) is 0 Å². The number of alkyl halides is 2. The van der Waals surface area contributed by atoms with Crippen molar-refractivity contribution in [1.29, 1.82) is 0 Å². The molecular formula is C18H34F2. The van der Waals surface area contributed by atoms with Crippen LogP contribution in [0.4, 0.5) is 8.78 Å². The molecule has 1 saturated carbocycles. The van der Waals surface area contributed by atoms with Crippen molar-refractivity contribution in [3.8, 4) is 0 Å². The van der Waals surface area contributed by atoms with Gasteiger partial charge in [-0.2, -0.15) is 0 Å². The third kappa shape index (κ3) is 3.54. The van der Waals surface area contributed by atoms with Crippen molar-refractivity contribution >= 4 is 0 Å². The molecule has 1 aliphatic carbocycles. The minimum absolute atomic E-state index is 0.104. The Morgan fingerprint density at radius 3 is 2.00 bits per heavy atom. The Morgan fingerprint density at radius 2 is 1.50 bits per heavy atom. The van der Waals surface area contributed by atoms with Gasteiger partial charge in [-0.1, -0.05) is 67.2 Å². The molecule has 0 spiro atoms. The highest BCUT2D eigenvalue weighted by Crippen LogP contribution is 2.47. The first-order valence-electron chi connectivity index (χ1n) is 8.64. The van der Waals surface area contributed by atoms with E-state index in [1.165, 1.54) is 12.8 Å². The summed E-state index contributed by atoms with van der Waals surface area (Å²) in [5, 5.41) is 0. The lowest BCUT2D eigenvalue weighted by Crippen LogP contribution is -2.50. The van der Waals surface area contributed by atoms with Gasteiger partial charge in [-0.25, -0.2) is 8.78 Å². The van der Waals surface area contributed by atoms with Crippen LogP contribution in [-0.2, 0) is 0 Å². The predicted octanol–water partition coefficient (Wildman–Crippen LogP) is 6.05. The summed E-state index contributed by atoms with van der Waals surface area (Å²) in [5.74, 6) is 1.11. The zero-order chi connectivity index (χ0) is 15.4. The monoisotopic (exact) mass is 288 g/mol. The molecule has 1 rings (SSSR count). The van der Waals surface area contributed by atoms with Crippen LogP contribution in [0, 0.1) is 35.5 Å². The van der Waals surface area contributed by atoms with Crippen LogP contribution in [0.15, 0.2) is 0 Å². The van der Waals surface area contributed by atoms with Crippen LogP contribution in [-0.4, -0.2) is 12.3 Å². The van der Waals surface area contributed by atoms with Gasteiger partial charge in [-0.05, 0) is 35.5 Å². The number of unbranched alkanes of at least 4 members (excludes halogenated alkanes) is 1. The molecule has 8 atom stereocenters. The molecule has 1 aliphatic rings. The van der Waals surface area contributed by atoms with E-state index in [0.717, 1.165) is 12.8 Å². The molecule has 0 aromatic rings. The zero-order valence-electron chi connectivity index (χ0n) is 14.2. The molecular weight excluding hydrogens is 254 g/mol. The van der Waals surface area contributed by atoms with E-state index in [4.69, 9.17) is 0 Å². The van der Waals surface area contributed by atoms with Crippen LogP contribution >= 0.6 is 0 Å². The maximum Gasteiger partial charge on any atom is 0.135 e. The lowest BCUT2D eigenvalue weighted by molar-refractivity contribution is -0.0700. The van der Waals surface area contributed by atoms with Gasteiger partial charge in [0.15, 0.2) is 0 Å². The smallest absolute Gasteiger partial charge is 0.135 e. The van der Waals surface area contributed by atoms with E-state index in [9.17, 15) is 8.78 Å². The van der Waals surface area contributed by atoms with E-state index in [2.05, 4.69) is 34.6 Å². The molecule has 0 heterocycles. The molecule has 0 bridgehead atoms. The Balaban J connectivity index is 2.88. The first-order valence-corrected chi connectivity index (χ1v) is 8.64. The molecule has 1 fully saturated rings. The first-order chi connectivity index (χ1) is 9.36. The lowest BCUT2D eigenvalue weighted by atomic mass is 9.60. The van der Waals surface area contributed by atoms with Gasteiger partial charge >= 0.3 is 0 Å². The summed E-state index contributed by atoms with van der Waals surface area (Å²) in [7, 11) is 0. The van der Waals surface area contributed by atoms with Crippen LogP contribution in [0.2, 0.25) is 0 Å². The fraction of sp³-hybridized carbons (Fsp3) is 1.00. The van der Waals surface area contributed by atoms with Crippen molar-refractivity contribution in [2.75, 3.05) is 0 Å². The predicted molar refractivity (Wildman–Crippen MR) is 83.2 cm³/mol. The SMILES string of the molecule is CCCCC(C)C(CC)C1C(C)C(C)C(C)C(F)C1F. The van der Waals surface area contributed by atoms with E-state index in [1.807, 2.05) is 6.92 Å². The van der Waals surface area contributed by atoms with Crippen molar-refractivity contribution in [1.82, 2.24) is 0 Å². The van der Waals surface area contributed by atoms with Gasteiger partial charge in [0.25, 0.3) is 0 Å². The van der Waals surface area contributed by atoms with Gasteiger partial charge in [0, 0.05) is 0 Å². The van der Waals surface area contributed by atoms with Gasteiger partial charge in [-0.3, -0.25) is 0 Å². The summed E-state index contributed by atoms with van der Waals surface area (Å²) in [6, 6.07) is 0. The van der Waals surface area contributed by atoms with Crippen molar-refractivity contribution in [2.45, 2.75) is 79.6 Å². The van der Waals surface area contributed by atoms with Crippen LogP contribution in [0.25, 0.3) is 0 Å². The number of hydrogen-bond acceptors (Lipinski definition) is 0. The standard InChI is InChI=1S/C18H34F2/c1-7-9-10-11(3)15(8-2)16-13(5)12(4)14(6)17(19)18(16)20/h11-18H,7-10H2,1-6H3. The summed E-state index contributed by atoms with van der Waals surface area (Å²) < 4.78 is 28.9. The number of rotatable bonds is 6. The van der Waals surface area contributed by atoms with Crippen molar-refractivity contribution in [3.63, 3.8) is 0 Å². The van der Waals surface area contributed by atoms with Gasteiger partial charge in [-0.15, -0.1) is 0 Å². The zero-order valence-corrected chi connectivity index (χ0v) is 14.2. The number of halogens is 2.